The molecule has 0 saturated heterocycles. The maximum atomic E-state index is 12.7. The van der Waals surface area contributed by atoms with Gasteiger partial charge in [0.05, 0.1) is 12.7 Å². The van der Waals surface area contributed by atoms with E-state index in [1.807, 2.05) is 6.07 Å². The van der Waals surface area contributed by atoms with Gasteiger partial charge in [-0.1, -0.05) is 51.9 Å². The van der Waals surface area contributed by atoms with Gasteiger partial charge in [-0.25, -0.2) is 4.79 Å². The number of pyridine rings is 2. The van der Waals surface area contributed by atoms with Crippen LogP contribution in [0.2, 0.25) is 0 Å². The monoisotopic (exact) mass is 382 g/mol. The fourth-order valence-corrected chi connectivity index (χ4v) is 3.17. The zero-order valence-corrected chi connectivity index (χ0v) is 16.9. The van der Waals surface area contributed by atoms with Crippen molar-refractivity contribution in [3.8, 4) is 0 Å². The lowest BCUT2D eigenvalue weighted by molar-refractivity contribution is 0.0597. The number of aryl methyl sites for hydroxylation is 1. The Morgan fingerprint density at radius 1 is 0.893 bits per heavy atom. The molecule has 28 heavy (non-hydrogen) atoms. The number of unbranched alkanes of at least 4 members (excludes halogenated alkanes) is 7. The number of nitrogens with zero attached hydrogens (tertiary/aromatic N) is 2. The maximum Gasteiger partial charge on any atom is 0.340 e. The number of carbonyl (C=O) groups is 2. The Morgan fingerprint density at radius 2 is 1.61 bits per heavy atom. The minimum absolute atomic E-state index is 0.165. The summed E-state index contributed by atoms with van der Waals surface area (Å²) in [5.41, 5.74) is 1.89. The van der Waals surface area contributed by atoms with Crippen LogP contribution in [-0.2, 0) is 11.2 Å². The normalized spacial score (nSPS) is 10.6. The van der Waals surface area contributed by atoms with Crippen molar-refractivity contribution >= 4 is 11.8 Å². The number of ketones is 1. The smallest absolute Gasteiger partial charge is 0.340 e. The van der Waals surface area contributed by atoms with E-state index in [2.05, 4.69) is 16.9 Å². The molecule has 0 aliphatic heterocycles. The third-order valence-corrected chi connectivity index (χ3v) is 4.84. The Kier molecular flexibility index (Phi) is 9.32. The third-order valence-electron chi connectivity index (χ3n) is 4.84. The lowest BCUT2D eigenvalue weighted by Gasteiger charge is -2.07. The van der Waals surface area contributed by atoms with E-state index >= 15 is 0 Å². The molecule has 0 fully saturated rings. The van der Waals surface area contributed by atoms with Gasteiger partial charge in [-0.2, -0.15) is 0 Å². The molecule has 5 heteroatoms. The lowest BCUT2D eigenvalue weighted by Crippen LogP contribution is -2.12. The van der Waals surface area contributed by atoms with Gasteiger partial charge in [0.15, 0.2) is 5.78 Å². The summed E-state index contributed by atoms with van der Waals surface area (Å²) in [5.74, 6) is -0.829. The topological polar surface area (TPSA) is 69.2 Å². The second kappa shape index (κ2) is 12.0. The van der Waals surface area contributed by atoms with Crippen LogP contribution in [0.4, 0.5) is 0 Å². The molecule has 0 N–H and O–H groups in total. The summed E-state index contributed by atoms with van der Waals surface area (Å²) in [4.78, 5) is 32.9. The number of hydrogen-bond acceptors (Lipinski definition) is 5. The zero-order valence-electron chi connectivity index (χ0n) is 16.9. The van der Waals surface area contributed by atoms with Gasteiger partial charge in [-0.15, -0.1) is 0 Å². The van der Waals surface area contributed by atoms with Crippen LogP contribution >= 0.6 is 0 Å². The average molecular weight is 383 g/mol. The van der Waals surface area contributed by atoms with Crippen molar-refractivity contribution in [2.24, 2.45) is 0 Å². The minimum Gasteiger partial charge on any atom is -0.465 e. The molecule has 5 nitrogen and oxygen atoms in total. The molecule has 0 spiro atoms. The van der Waals surface area contributed by atoms with Gasteiger partial charge in [0, 0.05) is 35.4 Å². The maximum absolute atomic E-state index is 12.7. The quantitative estimate of drug-likeness (QED) is 0.287. The fourth-order valence-electron chi connectivity index (χ4n) is 3.17. The molecule has 0 aliphatic carbocycles. The van der Waals surface area contributed by atoms with Crippen molar-refractivity contribution in [1.29, 1.82) is 0 Å². The molecule has 2 rings (SSSR count). The Bertz CT molecular complexity index is 757. The highest BCUT2D eigenvalue weighted by Crippen LogP contribution is 2.15. The zero-order chi connectivity index (χ0) is 20.2. The largest absolute Gasteiger partial charge is 0.465 e. The van der Waals surface area contributed by atoms with Gasteiger partial charge in [-0.3, -0.25) is 14.8 Å². The lowest BCUT2D eigenvalue weighted by atomic mass is 10.0. The molecule has 0 aromatic carbocycles. The van der Waals surface area contributed by atoms with E-state index in [0.29, 0.717) is 5.56 Å². The first-order valence-corrected chi connectivity index (χ1v) is 10.2. The van der Waals surface area contributed by atoms with Gasteiger partial charge < -0.3 is 4.74 Å². The molecule has 0 saturated carbocycles. The molecule has 2 heterocycles. The van der Waals surface area contributed by atoms with Crippen molar-refractivity contribution in [2.45, 2.75) is 64.7 Å². The molecule has 0 atom stereocenters. The Labute approximate surface area is 167 Å². The molecule has 0 amide bonds. The highest BCUT2D eigenvalue weighted by Gasteiger charge is 2.19. The van der Waals surface area contributed by atoms with E-state index in [-0.39, 0.29) is 16.9 Å². The summed E-state index contributed by atoms with van der Waals surface area (Å²) in [6.45, 7) is 2.24. The fraction of sp³-hybridized carbons (Fsp3) is 0.478. The molecule has 0 bridgehead atoms. The van der Waals surface area contributed by atoms with E-state index in [9.17, 15) is 9.59 Å². The highest BCUT2D eigenvalue weighted by molar-refractivity contribution is 6.14. The van der Waals surface area contributed by atoms with Crippen LogP contribution in [0.15, 0.2) is 36.8 Å². The number of hydrogen-bond donors (Lipinski definition) is 0. The van der Waals surface area contributed by atoms with Crippen molar-refractivity contribution in [3.05, 3.63) is 59.2 Å². The molecule has 2 aromatic rings. The number of rotatable bonds is 12. The molecule has 0 aliphatic rings. The van der Waals surface area contributed by atoms with E-state index in [0.717, 1.165) is 18.5 Å². The number of aromatic nitrogens is 2. The summed E-state index contributed by atoms with van der Waals surface area (Å²) < 4.78 is 4.73. The van der Waals surface area contributed by atoms with Crippen LogP contribution in [0.25, 0.3) is 0 Å². The molecule has 2 aromatic heterocycles. The van der Waals surface area contributed by atoms with E-state index in [1.165, 1.54) is 70.5 Å². The number of ether oxygens (including phenoxy) is 1. The molecule has 0 radical (unpaired) electrons. The predicted molar refractivity (Wildman–Crippen MR) is 110 cm³/mol. The summed E-state index contributed by atoms with van der Waals surface area (Å²) in [5, 5.41) is 0. The number of carbonyl (C=O) groups excluding carboxylic acids is 2. The van der Waals surface area contributed by atoms with Crippen molar-refractivity contribution in [1.82, 2.24) is 9.97 Å². The summed E-state index contributed by atoms with van der Waals surface area (Å²) in [6.07, 6.45) is 15.6. The SMILES string of the molecule is CCCCCCCCCCc1ccc(C(=O)c2ccncc2C(=O)OC)cn1. The van der Waals surface area contributed by atoms with Crippen molar-refractivity contribution in [3.63, 3.8) is 0 Å². The van der Waals surface area contributed by atoms with Gasteiger partial charge in [0.25, 0.3) is 0 Å². The first-order chi connectivity index (χ1) is 13.7. The van der Waals surface area contributed by atoms with E-state index < -0.39 is 5.97 Å². The van der Waals surface area contributed by atoms with Gasteiger partial charge in [0.1, 0.15) is 0 Å². The molecule has 150 valence electrons. The van der Waals surface area contributed by atoms with Crippen LogP contribution in [0.5, 0.6) is 0 Å². The molecular formula is C23H30N2O3. The van der Waals surface area contributed by atoms with Crippen molar-refractivity contribution in [2.75, 3.05) is 7.11 Å². The first-order valence-electron chi connectivity index (χ1n) is 10.2. The number of methoxy groups -OCH3 is 1. The van der Waals surface area contributed by atoms with Crippen LogP contribution in [0.1, 0.15) is 90.3 Å². The van der Waals surface area contributed by atoms with Crippen LogP contribution in [-0.4, -0.2) is 28.8 Å². The van der Waals surface area contributed by atoms with Gasteiger partial charge in [0.2, 0.25) is 0 Å². The molecule has 0 unspecified atom stereocenters. The Morgan fingerprint density at radius 3 is 2.25 bits per heavy atom. The summed E-state index contributed by atoms with van der Waals surface area (Å²) in [6, 6.07) is 5.20. The molecular weight excluding hydrogens is 352 g/mol. The van der Waals surface area contributed by atoms with Gasteiger partial charge >= 0.3 is 5.97 Å². The Balaban J connectivity index is 1.86. The second-order valence-corrected chi connectivity index (χ2v) is 7.01. The highest BCUT2D eigenvalue weighted by atomic mass is 16.5. The Hall–Kier alpha value is -2.56. The van der Waals surface area contributed by atoms with Gasteiger partial charge in [-0.05, 0) is 31.0 Å². The van der Waals surface area contributed by atoms with Crippen LogP contribution < -0.4 is 0 Å². The summed E-state index contributed by atoms with van der Waals surface area (Å²) in [7, 11) is 1.28. The van der Waals surface area contributed by atoms with Crippen molar-refractivity contribution < 1.29 is 14.3 Å². The van der Waals surface area contributed by atoms with E-state index in [1.54, 1.807) is 12.3 Å². The minimum atomic E-state index is -0.573. The first kappa shape index (κ1) is 21.7. The van der Waals surface area contributed by atoms with Crippen LogP contribution in [0.3, 0.4) is 0 Å². The summed E-state index contributed by atoms with van der Waals surface area (Å²) >= 11 is 0. The third kappa shape index (κ3) is 6.55. The predicted octanol–water partition coefficient (Wildman–Crippen LogP) is 5.18. The second-order valence-electron chi connectivity index (χ2n) is 7.01. The standard InChI is InChI=1S/C23H30N2O3/c1-3-4-5-6-7-8-9-10-11-19-13-12-18(16-25-19)22(26)20-14-15-24-17-21(20)23(27)28-2/h12-17H,3-11H2,1-2H3. The van der Waals surface area contributed by atoms with E-state index in [4.69, 9.17) is 4.74 Å². The van der Waals surface area contributed by atoms with Crippen LogP contribution in [0, 0.1) is 0 Å². The number of esters is 1. The average Bonchev–Trinajstić information content (AvgIpc) is 2.75.